The highest BCUT2D eigenvalue weighted by molar-refractivity contribution is 5.46. The first-order chi connectivity index (χ1) is 8.68. The van der Waals surface area contributed by atoms with E-state index in [0.29, 0.717) is 0 Å². The van der Waals surface area contributed by atoms with Crippen molar-refractivity contribution in [3.8, 4) is 0 Å². The van der Waals surface area contributed by atoms with Gasteiger partial charge in [-0.1, -0.05) is 0 Å². The van der Waals surface area contributed by atoms with Crippen molar-refractivity contribution in [3.05, 3.63) is 45.7 Å². The average Bonchev–Trinajstić information content (AvgIpc) is 2.25. The van der Waals surface area contributed by atoms with E-state index >= 15 is 0 Å². The predicted molar refractivity (Wildman–Crippen MR) is 49.8 cm³/mol. The highest BCUT2D eigenvalue weighted by Gasteiger charge is 2.51. The van der Waals surface area contributed by atoms with Gasteiger partial charge in [0, 0.05) is 4.98 Å². The number of nitrogens with zero attached hydrogens (tertiary/aromatic N) is 6. The smallest absolute Gasteiger partial charge is 0.608 e. The van der Waals surface area contributed by atoms with Gasteiger partial charge in [0.2, 0.25) is 0 Å². The van der Waals surface area contributed by atoms with Crippen LogP contribution < -0.4 is 4.73 Å². The van der Waals surface area contributed by atoms with E-state index in [4.69, 9.17) is 0 Å². The van der Waals surface area contributed by atoms with Gasteiger partial charge in [0.1, 0.15) is 9.85 Å². The lowest BCUT2D eigenvalue weighted by molar-refractivity contribution is -0.709. The second-order valence-corrected chi connectivity index (χ2v) is 2.73. The monoisotopic (exact) mass is 276 g/mol. The molecule has 0 N–H and O–H groups in total. The molecule has 0 amide bonds. The maximum Gasteiger partial charge on any atom is 0.618 e. The number of rotatable bonds is 4. The molecule has 1 aromatic heterocycles. The molecule has 1 rings (SSSR count). The molecular weight excluding hydrogens is 276 g/mol. The van der Waals surface area contributed by atoms with Gasteiger partial charge in [0.05, 0.1) is 0 Å². The van der Waals surface area contributed by atoms with Gasteiger partial charge in [0.15, 0.2) is 0 Å². The van der Waals surface area contributed by atoms with Crippen LogP contribution in [0.4, 0.5) is 23.3 Å². The minimum atomic E-state index is -1.89. The molecule has 0 fully saturated rings. The molecule has 0 saturated heterocycles. The van der Waals surface area contributed by atoms with E-state index < -0.39 is 47.7 Å². The van der Waals surface area contributed by atoms with Gasteiger partial charge in [-0.2, -0.15) is 0 Å². The molecule has 15 nitrogen and oxygen atoms in total. The topological polar surface area (TPSA) is 212 Å². The summed E-state index contributed by atoms with van der Waals surface area (Å²) in [4.78, 5) is 38.0. The van der Waals surface area contributed by atoms with Crippen LogP contribution in [0.5, 0.6) is 0 Å². The van der Waals surface area contributed by atoms with E-state index in [0.717, 1.165) is 0 Å². The molecule has 0 aliphatic rings. The molecule has 0 aromatic carbocycles. The Morgan fingerprint density at radius 1 is 0.737 bits per heavy atom. The summed E-state index contributed by atoms with van der Waals surface area (Å²) >= 11 is 0. The fourth-order valence-electron chi connectivity index (χ4n) is 1.04. The summed E-state index contributed by atoms with van der Waals surface area (Å²) in [7, 11) is 0. The Morgan fingerprint density at radius 3 is 1.26 bits per heavy atom. The molecule has 19 heavy (non-hydrogen) atoms. The van der Waals surface area contributed by atoms with E-state index in [1.165, 1.54) is 0 Å². The zero-order valence-electron chi connectivity index (χ0n) is 8.36. The van der Waals surface area contributed by atoms with Crippen molar-refractivity contribution in [2.75, 3.05) is 0 Å². The van der Waals surface area contributed by atoms with Crippen LogP contribution in [0.2, 0.25) is 0 Å². The van der Waals surface area contributed by atoms with Gasteiger partial charge in [-0.15, -0.1) is 0 Å². The molecule has 0 radical (unpaired) electrons. The molecule has 0 spiro atoms. The number of nitro groups is 4. The third-order valence-electron chi connectivity index (χ3n) is 1.69. The summed E-state index contributed by atoms with van der Waals surface area (Å²) < 4.78 is -1.12. The lowest BCUT2D eigenvalue weighted by Crippen LogP contribution is -2.35. The van der Waals surface area contributed by atoms with Gasteiger partial charge >= 0.3 is 23.3 Å². The second-order valence-electron chi connectivity index (χ2n) is 2.73. The summed E-state index contributed by atoms with van der Waals surface area (Å²) in [6.07, 6.45) is 0. The van der Waals surface area contributed by atoms with E-state index in [2.05, 4.69) is 4.98 Å². The average molecular weight is 276 g/mol. The maximum atomic E-state index is 11.3. The molecule has 1 heterocycles. The third-order valence-corrected chi connectivity index (χ3v) is 1.69. The molecule has 0 bridgehead atoms. The van der Waals surface area contributed by atoms with Gasteiger partial charge in [-0.25, -0.2) is 0 Å². The lowest BCUT2D eigenvalue weighted by atomic mass is 10.5. The van der Waals surface area contributed by atoms with E-state index in [-0.39, 0.29) is 0 Å². The van der Waals surface area contributed by atoms with Crippen LogP contribution in [-0.2, 0) is 0 Å². The summed E-state index contributed by atoms with van der Waals surface area (Å²) in [5.41, 5.74) is 0. The molecule has 0 atom stereocenters. The quantitative estimate of drug-likeness (QED) is 0.293. The van der Waals surface area contributed by atoms with Gasteiger partial charge in [-0.05, 0) is 14.6 Å². The van der Waals surface area contributed by atoms with Crippen molar-refractivity contribution in [2.24, 2.45) is 0 Å². The van der Waals surface area contributed by atoms with Crippen molar-refractivity contribution >= 4 is 23.3 Å². The van der Waals surface area contributed by atoms with E-state index in [1.807, 2.05) is 0 Å². The van der Waals surface area contributed by atoms with Crippen LogP contribution in [0.1, 0.15) is 0 Å². The Bertz CT molecular complexity index is 573. The minimum absolute atomic E-state index is 1.12. The molecule has 0 saturated carbocycles. The van der Waals surface area contributed by atoms with Crippen LogP contribution >= 0.6 is 0 Å². The molecular formula is C4N6O9. The molecule has 0 unspecified atom stereocenters. The number of hydrogen-bond donors (Lipinski definition) is 0. The Morgan fingerprint density at radius 2 is 1.05 bits per heavy atom. The first-order valence-corrected chi connectivity index (χ1v) is 3.93. The van der Waals surface area contributed by atoms with Crippen LogP contribution in [-0.4, -0.2) is 24.7 Å². The first-order valence-electron chi connectivity index (χ1n) is 3.93. The predicted octanol–water partition coefficient (Wildman–Crippen LogP) is -0.652. The Hall–Kier alpha value is -3.52. The normalized spacial score (nSPS) is 9.89. The summed E-state index contributed by atoms with van der Waals surface area (Å²) in [5, 5.41) is 53.0. The van der Waals surface area contributed by atoms with Crippen molar-refractivity contribution in [3.63, 3.8) is 0 Å². The minimum Gasteiger partial charge on any atom is -0.608 e. The number of hydrogen-bond acceptors (Lipinski definition) is 10. The number of aromatic nitrogens is 2. The second kappa shape index (κ2) is 4.39. The standard InChI is InChI=1S/C4N6O9/c11-6-3(9(16)17)1(7(12)13)5-2(8(14)15)4(6)10(18)19. The molecule has 100 valence electrons. The molecule has 0 aliphatic carbocycles. The lowest BCUT2D eigenvalue weighted by Gasteiger charge is -1.99. The highest BCUT2D eigenvalue weighted by atomic mass is 16.7. The summed E-state index contributed by atoms with van der Waals surface area (Å²) in [6, 6.07) is 0. The molecule has 0 aliphatic heterocycles. The Balaban J connectivity index is 3.91. The van der Waals surface area contributed by atoms with Gasteiger partial charge < -0.3 is 25.4 Å². The maximum absolute atomic E-state index is 11.3. The van der Waals surface area contributed by atoms with E-state index in [9.17, 15) is 45.7 Å². The van der Waals surface area contributed by atoms with Crippen LogP contribution in [0.25, 0.3) is 0 Å². The summed E-state index contributed by atoms with van der Waals surface area (Å²) in [5.74, 6) is -7.31. The van der Waals surface area contributed by atoms with Gasteiger partial charge in [0.25, 0.3) is 0 Å². The van der Waals surface area contributed by atoms with Gasteiger partial charge in [-0.3, -0.25) is 20.2 Å². The Kier molecular flexibility index (Phi) is 3.13. The van der Waals surface area contributed by atoms with Crippen molar-refractivity contribution in [2.45, 2.75) is 0 Å². The fraction of sp³-hybridized carbons (Fsp3) is 0. The highest BCUT2D eigenvalue weighted by Crippen LogP contribution is 2.29. The molecule has 1 aromatic rings. The van der Waals surface area contributed by atoms with Crippen LogP contribution in [0.3, 0.4) is 0 Å². The Labute approximate surface area is 99.4 Å². The van der Waals surface area contributed by atoms with Crippen LogP contribution in [0, 0.1) is 45.7 Å². The largest absolute Gasteiger partial charge is 0.618 e. The van der Waals surface area contributed by atoms with Crippen molar-refractivity contribution < 1.29 is 24.4 Å². The van der Waals surface area contributed by atoms with Crippen LogP contribution in [0.15, 0.2) is 0 Å². The SMILES string of the molecule is O=[N+]([O-])c1nc([N+](=O)[O-])c([N+](=O)[O-])[n+]([O-])c1[N+](=O)[O-]. The molecule has 15 heteroatoms. The third kappa shape index (κ3) is 2.14. The first kappa shape index (κ1) is 13.5. The zero-order chi connectivity index (χ0) is 14.9. The summed E-state index contributed by atoms with van der Waals surface area (Å²) in [6.45, 7) is 0. The van der Waals surface area contributed by atoms with Crippen molar-refractivity contribution in [1.29, 1.82) is 0 Å². The fourth-order valence-corrected chi connectivity index (χ4v) is 1.04. The van der Waals surface area contributed by atoms with E-state index in [1.54, 1.807) is 0 Å². The zero-order valence-corrected chi connectivity index (χ0v) is 8.36. The van der Waals surface area contributed by atoms with Crippen molar-refractivity contribution in [1.82, 2.24) is 4.98 Å².